The molecule has 0 radical (unpaired) electrons. The van der Waals surface area contributed by atoms with Crippen molar-refractivity contribution in [1.82, 2.24) is 4.98 Å². The lowest BCUT2D eigenvalue weighted by atomic mass is 9.76. The Bertz CT molecular complexity index is 963. The van der Waals surface area contributed by atoms with E-state index in [9.17, 15) is 9.18 Å². The van der Waals surface area contributed by atoms with Gasteiger partial charge in [-0.1, -0.05) is 0 Å². The van der Waals surface area contributed by atoms with E-state index in [-0.39, 0.29) is 11.7 Å². The van der Waals surface area contributed by atoms with Gasteiger partial charge in [-0.2, -0.15) is 0 Å². The van der Waals surface area contributed by atoms with Crippen molar-refractivity contribution in [3.63, 3.8) is 0 Å². The van der Waals surface area contributed by atoms with Crippen molar-refractivity contribution in [3.05, 3.63) is 47.4 Å². The number of carbonyl (C=O) groups is 1. The van der Waals surface area contributed by atoms with Gasteiger partial charge in [-0.25, -0.2) is 9.37 Å². The predicted molar refractivity (Wildman–Crippen MR) is 108 cm³/mol. The fourth-order valence-electron chi connectivity index (χ4n) is 3.63. The van der Waals surface area contributed by atoms with E-state index in [0.717, 1.165) is 5.56 Å². The third-order valence-electron chi connectivity index (χ3n) is 6.04. The second-order valence-electron chi connectivity index (χ2n) is 8.36. The summed E-state index contributed by atoms with van der Waals surface area (Å²) < 4.78 is 32.1. The zero-order chi connectivity index (χ0) is 21.0. The summed E-state index contributed by atoms with van der Waals surface area (Å²) in [4.78, 5) is 18.6. The van der Waals surface area contributed by atoms with E-state index >= 15 is 0 Å². The molecule has 2 aromatic rings. The number of benzene rings is 1. The van der Waals surface area contributed by atoms with Gasteiger partial charge in [0.2, 0.25) is 0 Å². The number of anilines is 1. The van der Waals surface area contributed by atoms with Crippen molar-refractivity contribution in [1.29, 1.82) is 0 Å². The van der Waals surface area contributed by atoms with E-state index in [2.05, 4.69) is 4.98 Å². The summed E-state index contributed by atoms with van der Waals surface area (Å²) in [5, 5.41) is 0. The molecule has 2 aliphatic heterocycles. The quantitative estimate of drug-likeness (QED) is 0.745. The number of amides is 1. The number of aromatic nitrogens is 1. The lowest BCUT2D eigenvalue weighted by Crippen LogP contribution is -2.41. The molecular weight excluding hydrogens is 374 g/mol. The number of rotatable bonds is 3. The van der Waals surface area contributed by atoms with Crippen LogP contribution in [0.4, 0.5) is 10.2 Å². The number of nitrogens with zero attached hydrogens (tertiary/aromatic N) is 2. The van der Waals surface area contributed by atoms with Crippen molar-refractivity contribution >= 4 is 24.3 Å². The maximum atomic E-state index is 14.2. The van der Waals surface area contributed by atoms with E-state index < -0.39 is 24.1 Å². The fourth-order valence-corrected chi connectivity index (χ4v) is 3.63. The first-order chi connectivity index (χ1) is 13.6. The van der Waals surface area contributed by atoms with Gasteiger partial charge < -0.3 is 14.0 Å². The first-order valence-electron chi connectivity index (χ1n) is 9.63. The van der Waals surface area contributed by atoms with Gasteiger partial charge in [0.05, 0.1) is 18.3 Å². The van der Waals surface area contributed by atoms with E-state index in [1.54, 1.807) is 13.2 Å². The van der Waals surface area contributed by atoms with E-state index in [1.807, 2.05) is 33.8 Å². The molecule has 0 saturated carbocycles. The molecule has 1 amide bonds. The van der Waals surface area contributed by atoms with Crippen molar-refractivity contribution in [2.24, 2.45) is 0 Å². The van der Waals surface area contributed by atoms with Gasteiger partial charge in [0.15, 0.2) is 11.6 Å². The third kappa shape index (κ3) is 3.20. The lowest BCUT2D eigenvalue weighted by Gasteiger charge is -2.32. The summed E-state index contributed by atoms with van der Waals surface area (Å²) in [5.74, 6) is -0.183. The topological polar surface area (TPSA) is 60.9 Å². The van der Waals surface area contributed by atoms with Crippen LogP contribution >= 0.6 is 0 Å². The Hall–Kier alpha value is -2.45. The first-order valence-corrected chi connectivity index (χ1v) is 9.63. The average Bonchev–Trinajstić information content (AvgIpc) is 2.89. The van der Waals surface area contributed by atoms with Crippen LogP contribution in [0.2, 0.25) is 0 Å². The summed E-state index contributed by atoms with van der Waals surface area (Å²) in [6, 6.07) is 6.39. The Kier molecular flexibility index (Phi) is 4.66. The molecule has 0 aliphatic carbocycles. The minimum atomic E-state index is -0.671. The highest BCUT2D eigenvalue weighted by Crippen LogP contribution is 2.38. The molecule has 1 fully saturated rings. The molecule has 0 spiro atoms. The molecule has 1 aromatic heterocycles. The first kappa shape index (κ1) is 19.9. The fraction of sp³-hybridized carbons (Fsp3) is 0.429. The lowest BCUT2D eigenvalue weighted by molar-refractivity contribution is 0.00578. The van der Waals surface area contributed by atoms with E-state index in [1.165, 1.54) is 23.2 Å². The maximum absolute atomic E-state index is 14.2. The molecule has 8 heteroatoms. The molecule has 1 aromatic carbocycles. The molecular formula is C21H24BFN2O4. The minimum absolute atomic E-state index is 0.0381. The van der Waals surface area contributed by atoms with Crippen LogP contribution in [0.15, 0.2) is 30.5 Å². The number of ether oxygens (including phenoxy) is 1. The van der Waals surface area contributed by atoms with Crippen LogP contribution < -0.4 is 15.1 Å². The number of carbonyl (C=O) groups excluding carboxylic acids is 1. The summed E-state index contributed by atoms with van der Waals surface area (Å²) >= 11 is 0. The van der Waals surface area contributed by atoms with Crippen LogP contribution in [0.1, 0.15) is 43.6 Å². The Labute approximate surface area is 170 Å². The number of pyridine rings is 1. The highest BCUT2D eigenvalue weighted by molar-refractivity contribution is 6.63. The zero-order valence-electron chi connectivity index (χ0n) is 17.3. The second-order valence-corrected chi connectivity index (χ2v) is 8.36. The van der Waals surface area contributed by atoms with Crippen molar-refractivity contribution < 1.29 is 23.2 Å². The number of methoxy groups -OCH3 is 1. The Morgan fingerprint density at radius 1 is 1.21 bits per heavy atom. The average molecular weight is 398 g/mol. The van der Waals surface area contributed by atoms with Crippen LogP contribution in [0.5, 0.6) is 5.75 Å². The van der Waals surface area contributed by atoms with Gasteiger partial charge >= 0.3 is 7.12 Å². The van der Waals surface area contributed by atoms with Crippen molar-refractivity contribution in [2.45, 2.75) is 45.3 Å². The molecule has 4 rings (SSSR count). The van der Waals surface area contributed by atoms with Crippen LogP contribution in [0.25, 0.3) is 0 Å². The maximum Gasteiger partial charge on any atom is 0.498 e. The molecule has 2 aliphatic rings. The molecule has 29 heavy (non-hydrogen) atoms. The number of halogens is 1. The van der Waals surface area contributed by atoms with Gasteiger partial charge in [0.25, 0.3) is 5.91 Å². The molecule has 1 saturated heterocycles. The molecule has 0 unspecified atom stereocenters. The van der Waals surface area contributed by atoms with Gasteiger partial charge in [-0.05, 0) is 63.9 Å². The summed E-state index contributed by atoms with van der Waals surface area (Å²) in [7, 11) is 0.909. The van der Waals surface area contributed by atoms with Crippen LogP contribution in [-0.2, 0) is 15.7 Å². The van der Waals surface area contributed by atoms with Gasteiger partial charge in [0.1, 0.15) is 5.75 Å². The molecule has 152 valence electrons. The Morgan fingerprint density at radius 2 is 1.90 bits per heavy atom. The second kappa shape index (κ2) is 6.81. The molecule has 3 heterocycles. The normalized spacial score (nSPS) is 20.0. The highest BCUT2D eigenvalue weighted by Gasteiger charge is 2.52. The summed E-state index contributed by atoms with van der Waals surface area (Å²) in [5.41, 5.74) is 0.922. The third-order valence-corrected chi connectivity index (χ3v) is 6.04. The van der Waals surface area contributed by atoms with Gasteiger partial charge in [-0.3, -0.25) is 9.69 Å². The highest BCUT2D eigenvalue weighted by atomic mass is 19.1. The summed E-state index contributed by atoms with van der Waals surface area (Å²) in [6.45, 7) is 8.21. The Balaban J connectivity index is 1.75. The molecule has 0 N–H and O–H groups in total. The number of fused-ring (bicyclic) bond motifs is 1. The van der Waals surface area contributed by atoms with E-state index in [4.69, 9.17) is 14.0 Å². The van der Waals surface area contributed by atoms with Crippen molar-refractivity contribution in [2.75, 3.05) is 18.6 Å². The number of hydrogen-bond donors (Lipinski definition) is 0. The smallest absolute Gasteiger partial charge is 0.497 e. The molecule has 6 nitrogen and oxygen atoms in total. The van der Waals surface area contributed by atoms with Crippen LogP contribution in [-0.4, -0.2) is 42.9 Å². The Morgan fingerprint density at radius 3 is 2.52 bits per heavy atom. The minimum Gasteiger partial charge on any atom is -0.497 e. The van der Waals surface area contributed by atoms with Crippen LogP contribution in [0.3, 0.4) is 0 Å². The monoisotopic (exact) mass is 398 g/mol. The van der Waals surface area contributed by atoms with Crippen LogP contribution in [0, 0.1) is 5.82 Å². The summed E-state index contributed by atoms with van der Waals surface area (Å²) in [6.07, 6.45) is 2.04. The van der Waals surface area contributed by atoms with E-state index in [0.29, 0.717) is 29.7 Å². The van der Waals surface area contributed by atoms with Crippen molar-refractivity contribution in [3.8, 4) is 5.75 Å². The zero-order valence-corrected chi connectivity index (χ0v) is 17.3. The van der Waals surface area contributed by atoms with Gasteiger partial charge in [-0.15, -0.1) is 0 Å². The largest absolute Gasteiger partial charge is 0.498 e. The van der Waals surface area contributed by atoms with Gasteiger partial charge in [0, 0.05) is 23.8 Å². The number of hydrogen-bond acceptors (Lipinski definition) is 5. The standard InChI is InChI=1S/C21H24BFN2O4/c1-20(2)21(3,4)29-22(28-20)15-12-14-13(11-17(15)27-5)8-10-25(19(14)26)18-16(23)7-6-9-24-18/h6-7,9,11-12H,8,10H2,1-5H3. The molecule has 0 bridgehead atoms. The predicted octanol–water partition coefficient (Wildman–Crippen LogP) is 2.73. The SMILES string of the molecule is COc1cc2c(cc1B1OC(C)(C)C(C)(C)O1)C(=O)N(c1ncccc1F)CC2. The molecule has 0 atom stereocenters.